The van der Waals surface area contributed by atoms with Crippen LogP contribution in [0.5, 0.6) is 0 Å². The van der Waals surface area contributed by atoms with Crippen LogP contribution in [0.4, 0.5) is 5.69 Å². The number of hydrogen-bond donors (Lipinski definition) is 3. The zero-order valence-electron chi connectivity index (χ0n) is 15.7. The number of allylic oxidation sites excluding steroid dienone is 1. The lowest BCUT2D eigenvalue weighted by molar-refractivity contribution is -0.122. The fourth-order valence-corrected chi connectivity index (χ4v) is 5.16. The lowest BCUT2D eigenvalue weighted by Gasteiger charge is -2.38. The highest BCUT2D eigenvalue weighted by atomic mass is 32.2. The van der Waals surface area contributed by atoms with E-state index in [9.17, 15) is 14.9 Å². The summed E-state index contributed by atoms with van der Waals surface area (Å²) in [4.78, 5) is 29.0. The summed E-state index contributed by atoms with van der Waals surface area (Å²) in [7, 11) is 0. The van der Waals surface area contributed by atoms with Gasteiger partial charge in [-0.2, -0.15) is 5.26 Å². The van der Waals surface area contributed by atoms with Crippen LogP contribution in [0.1, 0.15) is 31.2 Å². The number of carbonyl (C=O) groups excluding carboxylic acids is 2. The minimum absolute atomic E-state index is 0.0716. The van der Waals surface area contributed by atoms with Gasteiger partial charge in [-0.1, -0.05) is 42.8 Å². The SMILES string of the molecule is Cc1ccccc1NC(=O)CSC1=NC(N)=C(C#N)C2(CCCC2)C1C(N)=O. The van der Waals surface area contributed by atoms with Crippen molar-refractivity contribution in [2.24, 2.45) is 27.8 Å². The van der Waals surface area contributed by atoms with Crippen molar-refractivity contribution in [2.45, 2.75) is 32.6 Å². The molecular formula is C20H23N5O2S. The van der Waals surface area contributed by atoms with Crippen molar-refractivity contribution in [2.75, 3.05) is 11.1 Å². The molecule has 0 radical (unpaired) electrons. The standard InChI is InChI=1S/C20H23N5O2S/c1-12-6-2-3-7-14(12)24-15(26)11-28-19-16(18(23)27)20(8-4-5-9-20)13(10-21)17(22)25-19/h2-3,6-7,16H,4-5,8-9,11,22H2,1H3,(H2,23,27)(H,24,26). The number of nitriles is 1. The first-order chi connectivity index (χ1) is 13.4. The smallest absolute Gasteiger partial charge is 0.234 e. The average Bonchev–Trinajstić information content (AvgIpc) is 3.11. The number of nitrogens with zero attached hydrogens (tertiary/aromatic N) is 2. The van der Waals surface area contributed by atoms with Crippen LogP contribution in [0.2, 0.25) is 0 Å². The molecule has 1 unspecified atom stereocenters. The number of para-hydroxylation sites is 1. The number of nitrogens with one attached hydrogen (secondary N) is 1. The molecule has 1 heterocycles. The highest BCUT2D eigenvalue weighted by Crippen LogP contribution is 2.53. The third kappa shape index (κ3) is 3.62. The van der Waals surface area contributed by atoms with Crippen LogP contribution in [-0.4, -0.2) is 22.6 Å². The van der Waals surface area contributed by atoms with E-state index < -0.39 is 17.2 Å². The van der Waals surface area contributed by atoms with Crippen molar-refractivity contribution in [1.29, 1.82) is 5.26 Å². The molecule has 3 rings (SSSR count). The molecule has 8 heteroatoms. The summed E-state index contributed by atoms with van der Waals surface area (Å²) in [5, 5.41) is 12.9. The predicted octanol–water partition coefficient (Wildman–Crippen LogP) is 2.43. The fraction of sp³-hybridized carbons (Fsp3) is 0.400. The number of carbonyl (C=O) groups is 2. The number of amides is 2. The molecule has 0 bridgehead atoms. The van der Waals surface area contributed by atoms with Crippen LogP contribution >= 0.6 is 11.8 Å². The molecule has 2 aliphatic rings. The Morgan fingerprint density at radius 1 is 1.36 bits per heavy atom. The van der Waals surface area contributed by atoms with E-state index in [2.05, 4.69) is 16.4 Å². The number of anilines is 1. The second-order valence-corrected chi connectivity index (χ2v) is 8.17. The quantitative estimate of drug-likeness (QED) is 0.717. The Bertz CT molecular complexity index is 909. The Hall–Kier alpha value is -2.79. The van der Waals surface area contributed by atoms with Gasteiger partial charge >= 0.3 is 0 Å². The largest absolute Gasteiger partial charge is 0.383 e. The van der Waals surface area contributed by atoms with Crippen molar-refractivity contribution < 1.29 is 9.59 Å². The highest BCUT2D eigenvalue weighted by Gasteiger charge is 2.52. The van der Waals surface area contributed by atoms with Gasteiger partial charge in [-0.25, -0.2) is 4.99 Å². The first-order valence-electron chi connectivity index (χ1n) is 9.15. The summed E-state index contributed by atoms with van der Waals surface area (Å²) in [6.07, 6.45) is 3.13. The lowest BCUT2D eigenvalue weighted by atomic mass is 9.67. The van der Waals surface area contributed by atoms with Crippen LogP contribution in [0.3, 0.4) is 0 Å². The van der Waals surface area contributed by atoms with Gasteiger partial charge in [0, 0.05) is 11.1 Å². The Labute approximate surface area is 168 Å². The van der Waals surface area contributed by atoms with Gasteiger partial charge in [0.25, 0.3) is 0 Å². The first kappa shape index (κ1) is 20.0. The van der Waals surface area contributed by atoms with Crippen molar-refractivity contribution in [1.82, 2.24) is 0 Å². The third-order valence-electron chi connectivity index (χ3n) is 5.45. The van der Waals surface area contributed by atoms with Crippen molar-refractivity contribution >= 4 is 34.3 Å². The van der Waals surface area contributed by atoms with Crippen LogP contribution in [0, 0.1) is 29.6 Å². The van der Waals surface area contributed by atoms with Crippen LogP contribution in [-0.2, 0) is 9.59 Å². The van der Waals surface area contributed by atoms with Gasteiger partial charge in [0.1, 0.15) is 5.82 Å². The number of aryl methyl sites for hydroxylation is 1. The Morgan fingerprint density at radius 2 is 2.04 bits per heavy atom. The number of hydrogen-bond acceptors (Lipinski definition) is 6. The number of benzene rings is 1. The van der Waals surface area contributed by atoms with Crippen LogP contribution in [0.15, 0.2) is 40.7 Å². The highest BCUT2D eigenvalue weighted by molar-refractivity contribution is 8.14. The zero-order chi connectivity index (χ0) is 20.3. The van der Waals surface area contributed by atoms with Crippen molar-refractivity contribution in [3.63, 3.8) is 0 Å². The van der Waals surface area contributed by atoms with E-state index in [0.717, 1.165) is 35.9 Å². The number of primary amides is 1. The minimum Gasteiger partial charge on any atom is -0.383 e. The normalized spacial score (nSPS) is 20.6. The first-order valence-corrected chi connectivity index (χ1v) is 10.1. The van der Waals surface area contributed by atoms with Crippen molar-refractivity contribution in [3.8, 4) is 6.07 Å². The van der Waals surface area contributed by atoms with Gasteiger partial charge in [0.15, 0.2) is 0 Å². The maximum Gasteiger partial charge on any atom is 0.234 e. The van der Waals surface area contributed by atoms with Gasteiger partial charge in [-0.3, -0.25) is 9.59 Å². The van der Waals surface area contributed by atoms with Gasteiger partial charge < -0.3 is 16.8 Å². The molecule has 0 saturated heterocycles. The zero-order valence-corrected chi connectivity index (χ0v) is 16.5. The maximum atomic E-state index is 12.4. The van der Waals surface area contributed by atoms with E-state index in [-0.39, 0.29) is 17.5 Å². The van der Waals surface area contributed by atoms with E-state index >= 15 is 0 Å². The second kappa shape index (κ2) is 8.07. The van der Waals surface area contributed by atoms with Gasteiger partial charge in [-0.15, -0.1) is 0 Å². The molecule has 2 amide bonds. The monoisotopic (exact) mass is 397 g/mol. The van der Waals surface area contributed by atoms with E-state index in [1.54, 1.807) is 0 Å². The summed E-state index contributed by atoms with van der Waals surface area (Å²) in [5.74, 6) is -1.27. The van der Waals surface area contributed by atoms with Gasteiger partial charge in [0.2, 0.25) is 11.8 Å². The molecule has 5 N–H and O–H groups in total. The summed E-state index contributed by atoms with van der Waals surface area (Å²) in [5.41, 5.74) is 13.1. The summed E-state index contributed by atoms with van der Waals surface area (Å²) in [6.45, 7) is 1.91. The van der Waals surface area contributed by atoms with E-state index in [1.165, 1.54) is 0 Å². The Kier molecular flexibility index (Phi) is 5.75. The molecule has 1 aliphatic heterocycles. The molecule has 146 valence electrons. The number of aliphatic imine (C=N–C) groups is 1. The summed E-state index contributed by atoms with van der Waals surface area (Å²) < 4.78 is 0. The molecule has 1 aromatic carbocycles. The molecule has 1 aromatic rings. The summed E-state index contributed by atoms with van der Waals surface area (Å²) >= 11 is 1.16. The molecule has 1 aliphatic carbocycles. The number of thioether (sulfide) groups is 1. The van der Waals surface area contributed by atoms with Crippen LogP contribution in [0.25, 0.3) is 0 Å². The molecule has 1 fully saturated rings. The minimum atomic E-state index is -0.729. The van der Waals surface area contributed by atoms with E-state index in [1.807, 2.05) is 31.2 Å². The molecular weight excluding hydrogens is 374 g/mol. The van der Waals surface area contributed by atoms with E-state index in [0.29, 0.717) is 23.5 Å². The molecule has 7 nitrogen and oxygen atoms in total. The molecule has 0 aromatic heterocycles. The van der Waals surface area contributed by atoms with Gasteiger partial charge in [-0.05, 0) is 31.4 Å². The molecule has 28 heavy (non-hydrogen) atoms. The van der Waals surface area contributed by atoms with Crippen LogP contribution < -0.4 is 16.8 Å². The molecule has 1 saturated carbocycles. The maximum absolute atomic E-state index is 12.4. The lowest BCUT2D eigenvalue weighted by Crippen LogP contribution is -2.46. The topological polar surface area (TPSA) is 134 Å². The van der Waals surface area contributed by atoms with E-state index in [4.69, 9.17) is 11.5 Å². The van der Waals surface area contributed by atoms with Gasteiger partial charge in [0.05, 0.1) is 28.4 Å². The second-order valence-electron chi connectivity index (χ2n) is 7.17. The Morgan fingerprint density at radius 3 is 2.64 bits per heavy atom. The van der Waals surface area contributed by atoms with Crippen molar-refractivity contribution in [3.05, 3.63) is 41.2 Å². The Balaban J connectivity index is 1.81. The number of nitrogens with two attached hydrogens (primary N) is 2. The summed E-state index contributed by atoms with van der Waals surface area (Å²) in [6, 6.07) is 9.64. The average molecular weight is 398 g/mol. The number of rotatable bonds is 4. The molecule has 1 spiro atoms. The third-order valence-corrected chi connectivity index (χ3v) is 6.48. The molecule has 1 atom stereocenters. The fourth-order valence-electron chi connectivity index (χ4n) is 4.14. The predicted molar refractivity (Wildman–Crippen MR) is 110 cm³/mol.